The Balaban J connectivity index is 0.00000243. The molecule has 7 heteroatoms. The Morgan fingerprint density at radius 1 is 1.35 bits per heavy atom. The summed E-state index contributed by atoms with van der Waals surface area (Å²) in [5.41, 5.74) is 2.10. The number of halogens is 1. The van der Waals surface area contributed by atoms with Gasteiger partial charge >= 0.3 is 0 Å². The quantitative estimate of drug-likeness (QED) is 0.738. The van der Waals surface area contributed by atoms with Crippen LogP contribution < -0.4 is 10.6 Å². The molecule has 0 saturated carbocycles. The van der Waals surface area contributed by atoms with Crippen LogP contribution in [0.15, 0.2) is 28.8 Å². The minimum absolute atomic E-state index is 0. The first kappa shape index (κ1) is 20.4. The number of hydrogen-bond acceptors (Lipinski definition) is 5. The summed E-state index contributed by atoms with van der Waals surface area (Å²) in [7, 11) is 0. The van der Waals surface area contributed by atoms with Crippen LogP contribution in [0.3, 0.4) is 0 Å². The molecule has 26 heavy (non-hydrogen) atoms. The number of aryl methyl sites for hydroxylation is 1. The lowest BCUT2D eigenvalue weighted by atomic mass is 10.0. The van der Waals surface area contributed by atoms with Crippen LogP contribution in [0, 0.1) is 5.92 Å². The van der Waals surface area contributed by atoms with Gasteiger partial charge < -0.3 is 15.2 Å². The predicted octanol–water partition coefficient (Wildman–Crippen LogP) is 2.77. The largest absolute Gasteiger partial charge is 0.356 e. The molecule has 2 heterocycles. The molecule has 0 aliphatic carbocycles. The summed E-state index contributed by atoms with van der Waals surface area (Å²) in [4.78, 5) is 16.2. The van der Waals surface area contributed by atoms with Gasteiger partial charge in [0.25, 0.3) is 5.89 Å². The van der Waals surface area contributed by atoms with Crippen LogP contribution in [0.5, 0.6) is 0 Å². The second kappa shape index (κ2) is 10.3. The van der Waals surface area contributed by atoms with Crippen molar-refractivity contribution in [2.75, 3.05) is 19.6 Å². The van der Waals surface area contributed by atoms with Gasteiger partial charge in [-0.1, -0.05) is 24.2 Å². The number of hydrogen-bond donors (Lipinski definition) is 2. The predicted molar refractivity (Wildman–Crippen MR) is 103 cm³/mol. The number of nitrogens with one attached hydrogen (secondary N) is 2. The van der Waals surface area contributed by atoms with Gasteiger partial charge in [0.2, 0.25) is 5.91 Å². The normalized spacial score (nSPS) is 16.3. The van der Waals surface area contributed by atoms with Crippen molar-refractivity contribution in [3.63, 3.8) is 0 Å². The van der Waals surface area contributed by atoms with Crippen molar-refractivity contribution >= 4 is 18.3 Å². The molecule has 0 bridgehead atoms. The van der Waals surface area contributed by atoms with Crippen LogP contribution in [-0.4, -0.2) is 35.7 Å². The molecule has 1 unspecified atom stereocenters. The van der Waals surface area contributed by atoms with Gasteiger partial charge in [0.15, 0.2) is 5.82 Å². The van der Waals surface area contributed by atoms with E-state index in [2.05, 4.69) is 20.8 Å². The minimum Gasteiger partial charge on any atom is -0.356 e. The molecule has 3 rings (SSSR count). The highest BCUT2D eigenvalue weighted by Crippen LogP contribution is 2.18. The molecule has 1 atom stereocenters. The average molecular weight is 379 g/mol. The molecule has 1 aromatic heterocycles. The van der Waals surface area contributed by atoms with Crippen LogP contribution in [0.2, 0.25) is 0 Å². The van der Waals surface area contributed by atoms with Crippen LogP contribution in [0.25, 0.3) is 11.5 Å². The Hall–Kier alpha value is -1.92. The molecule has 2 N–H and O–H groups in total. The fourth-order valence-corrected chi connectivity index (χ4v) is 3.06. The number of aromatic nitrogens is 2. The minimum atomic E-state index is 0. The van der Waals surface area contributed by atoms with Crippen molar-refractivity contribution < 1.29 is 9.32 Å². The highest BCUT2D eigenvalue weighted by molar-refractivity contribution is 5.85. The maximum atomic E-state index is 11.9. The second-order valence-electron chi connectivity index (χ2n) is 6.56. The van der Waals surface area contributed by atoms with E-state index in [0.29, 0.717) is 24.8 Å². The summed E-state index contributed by atoms with van der Waals surface area (Å²) in [5.74, 6) is 2.09. The van der Waals surface area contributed by atoms with E-state index in [1.54, 1.807) is 0 Å². The third-order valence-corrected chi connectivity index (χ3v) is 4.66. The third-order valence-electron chi connectivity index (χ3n) is 4.66. The lowest BCUT2D eigenvalue weighted by Crippen LogP contribution is -2.26. The number of rotatable bonds is 8. The first-order valence-electron chi connectivity index (χ1n) is 9.14. The summed E-state index contributed by atoms with van der Waals surface area (Å²) in [6.07, 6.45) is 4.39. The van der Waals surface area contributed by atoms with Crippen molar-refractivity contribution in [2.24, 2.45) is 5.92 Å². The molecule has 1 aliphatic heterocycles. The van der Waals surface area contributed by atoms with Gasteiger partial charge in [-0.15, -0.1) is 12.4 Å². The second-order valence-corrected chi connectivity index (χ2v) is 6.56. The van der Waals surface area contributed by atoms with E-state index >= 15 is 0 Å². The van der Waals surface area contributed by atoms with Gasteiger partial charge in [0.05, 0.1) is 0 Å². The lowest BCUT2D eigenvalue weighted by Gasteiger charge is -2.09. The van der Waals surface area contributed by atoms with Crippen LogP contribution >= 0.6 is 12.4 Å². The Morgan fingerprint density at radius 2 is 2.15 bits per heavy atom. The molecule has 2 aromatic rings. The molecular weight excluding hydrogens is 352 g/mol. The third kappa shape index (κ3) is 5.81. The zero-order valence-electron chi connectivity index (χ0n) is 15.2. The molecule has 1 saturated heterocycles. The Labute approximate surface area is 160 Å². The van der Waals surface area contributed by atoms with Gasteiger partial charge in [0.1, 0.15) is 0 Å². The smallest absolute Gasteiger partial charge is 0.257 e. The van der Waals surface area contributed by atoms with E-state index in [1.165, 1.54) is 12.0 Å². The summed E-state index contributed by atoms with van der Waals surface area (Å²) in [6, 6.07) is 8.05. The zero-order chi connectivity index (χ0) is 17.5. The molecular formula is C19H27ClN4O2. The first-order valence-corrected chi connectivity index (χ1v) is 9.14. The van der Waals surface area contributed by atoms with E-state index in [1.807, 2.05) is 31.2 Å². The summed E-state index contributed by atoms with van der Waals surface area (Å²) >= 11 is 0. The van der Waals surface area contributed by atoms with Crippen molar-refractivity contribution in [3.8, 4) is 11.5 Å². The van der Waals surface area contributed by atoms with E-state index in [9.17, 15) is 4.79 Å². The lowest BCUT2D eigenvalue weighted by molar-refractivity contribution is -0.121. The fraction of sp³-hybridized carbons (Fsp3) is 0.526. The molecule has 0 radical (unpaired) electrons. The number of nitrogens with zero attached hydrogens (tertiary/aromatic N) is 2. The van der Waals surface area contributed by atoms with Gasteiger partial charge in [-0.3, -0.25) is 4.79 Å². The van der Waals surface area contributed by atoms with E-state index < -0.39 is 0 Å². The molecule has 1 aliphatic rings. The van der Waals surface area contributed by atoms with Crippen LogP contribution in [0.1, 0.15) is 37.6 Å². The maximum absolute atomic E-state index is 11.9. The molecule has 142 valence electrons. The van der Waals surface area contributed by atoms with Gasteiger partial charge in [-0.2, -0.15) is 4.98 Å². The maximum Gasteiger partial charge on any atom is 0.257 e. The van der Waals surface area contributed by atoms with Gasteiger partial charge in [-0.05, 0) is 56.0 Å². The van der Waals surface area contributed by atoms with Crippen LogP contribution in [0.4, 0.5) is 0 Å². The van der Waals surface area contributed by atoms with Crippen molar-refractivity contribution in [2.45, 2.75) is 39.0 Å². The SMILES string of the molecule is CCc1noc(-c2ccc(CCNC(=O)CCC3CCNC3)cc2)n1.Cl. The first-order chi connectivity index (χ1) is 12.2. The van der Waals surface area contributed by atoms with Crippen LogP contribution in [-0.2, 0) is 17.6 Å². The van der Waals surface area contributed by atoms with E-state index in [4.69, 9.17) is 4.52 Å². The summed E-state index contributed by atoms with van der Waals surface area (Å²) in [5, 5.41) is 10.3. The Kier molecular flexibility index (Phi) is 8.06. The van der Waals surface area contributed by atoms with Gasteiger partial charge in [0, 0.05) is 24.9 Å². The number of carbonyl (C=O) groups is 1. The Morgan fingerprint density at radius 3 is 2.81 bits per heavy atom. The molecule has 6 nitrogen and oxygen atoms in total. The topological polar surface area (TPSA) is 80.0 Å². The monoisotopic (exact) mass is 378 g/mol. The Bertz CT molecular complexity index is 681. The fourth-order valence-electron chi connectivity index (χ4n) is 3.06. The zero-order valence-corrected chi connectivity index (χ0v) is 16.0. The number of amides is 1. The summed E-state index contributed by atoms with van der Waals surface area (Å²) < 4.78 is 5.24. The highest BCUT2D eigenvalue weighted by atomic mass is 35.5. The highest BCUT2D eigenvalue weighted by Gasteiger charge is 2.15. The molecule has 0 spiro atoms. The van der Waals surface area contributed by atoms with E-state index in [0.717, 1.165) is 43.7 Å². The summed E-state index contributed by atoms with van der Waals surface area (Å²) in [6.45, 7) is 4.81. The number of carbonyl (C=O) groups excluding carboxylic acids is 1. The molecule has 1 fully saturated rings. The molecule has 1 amide bonds. The average Bonchev–Trinajstić information content (AvgIpc) is 3.32. The van der Waals surface area contributed by atoms with Gasteiger partial charge in [-0.25, -0.2) is 0 Å². The van der Waals surface area contributed by atoms with Crippen molar-refractivity contribution in [1.29, 1.82) is 0 Å². The standard InChI is InChI=1S/C19H26N4O2.ClH/c1-2-17-22-19(25-23-17)16-6-3-14(4-7-16)10-12-21-18(24)8-5-15-9-11-20-13-15;/h3-4,6-7,15,20H,2,5,8-13H2,1H3,(H,21,24);1H. The number of benzene rings is 1. The van der Waals surface area contributed by atoms with E-state index in [-0.39, 0.29) is 18.3 Å². The van der Waals surface area contributed by atoms with Crippen molar-refractivity contribution in [1.82, 2.24) is 20.8 Å². The molecule has 1 aromatic carbocycles. The van der Waals surface area contributed by atoms with Crippen molar-refractivity contribution in [3.05, 3.63) is 35.7 Å².